The summed E-state index contributed by atoms with van der Waals surface area (Å²) in [6.07, 6.45) is 0.587. The Labute approximate surface area is 191 Å². The predicted molar refractivity (Wildman–Crippen MR) is 116 cm³/mol. The normalized spacial score (nSPS) is 13.0. The molecular weight excluding hydrogens is 476 g/mol. The Morgan fingerprint density at radius 3 is 2.76 bits per heavy atom. The van der Waals surface area contributed by atoms with Crippen molar-refractivity contribution in [2.45, 2.75) is 39.3 Å². The summed E-state index contributed by atoms with van der Waals surface area (Å²) in [6.45, 7) is 1.96. The lowest BCUT2D eigenvalue weighted by atomic mass is 10.1. The molecule has 0 saturated carbocycles. The van der Waals surface area contributed by atoms with E-state index in [0.29, 0.717) is 24.1 Å². The zero-order valence-electron chi connectivity index (χ0n) is 17.9. The van der Waals surface area contributed by atoms with Gasteiger partial charge in [0.1, 0.15) is 18.9 Å². The lowest BCUT2D eigenvalue weighted by molar-refractivity contribution is -0.137. The van der Waals surface area contributed by atoms with Crippen LogP contribution in [0.4, 0.5) is 13.2 Å². The smallest absolute Gasteiger partial charge is 0.326 e. The molecule has 3 heterocycles. The van der Waals surface area contributed by atoms with Crippen molar-refractivity contribution in [2.75, 3.05) is 0 Å². The molecule has 0 aliphatic heterocycles. The van der Waals surface area contributed by atoms with Crippen molar-refractivity contribution < 1.29 is 27.2 Å². The first-order valence-electron chi connectivity index (χ1n) is 10.2. The number of benzene rings is 1. The molecule has 1 aromatic carbocycles. The maximum absolute atomic E-state index is 13.0. The van der Waals surface area contributed by atoms with Crippen molar-refractivity contribution in [1.29, 1.82) is 0 Å². The summed E-state index contributed by atoms with van der Waals surface area (Å²) in [5.41, 5.74) is -0.107. The first-order valence-corrected chi connectivity index (χ1v) is 11.4. The Hall–Kier alpha value is -3.28. The van der Waals surface area contributed by atoms with Gasteiger partial charge in [0.05, 0.1) is 23.9 Å². The van der Waals surface area contributed by atoms with Gasteiger partial charge in [-0.2, -0.15) is 18.3 Å². The second kappa shape index (κ2) is 9.53. The van der Waals surface area contributed by atoms with E-state index in [1.807, 2.05) is 6.92 Å². The first kappa shape index (κ1) is 23.9. The van der Waals surface area contributed by atoms with Gasteiger partial charge < -0.3 is 4.89 Å². The summed E-state index contributed by atoms with van der Waals surface area (Å²) < 4.78 is 59.2. The van der Waals surface area contributed by atoms with E-state index in [1.165, 1.54) is 32.4 Å². The summed E-state index contributed by atoms with van der Waals surface area (Å²) in [4.78, 5) is 30.7. The number of halogens is 3. The molecule has 0 aliphatic rings. The molecule has 180 valence electrons. The van der Waals surface area contributed by atoms with Crippen LogP contribution >= 0.6 is 8.25 Å². The average Bonchev–Trinajstić information content (AvgIpc) is 3.38. The van der Waals surface area contributed by atoms with E-state index < -0.39 is 26.7 Å². The molecule has 4 rings (SSSR count). The van der Waals surface area contributed by atoms with Gasteiger partial charge >= 0.3 is 14.4 Å². The molecule has 0 saturated heterocycles. The standard InChI is InChI=1S/C20H20F3N6O4P/c1-2-6-27-11-24-17-16(19(27)30)29(12-33-34(31)32)18(26-17)14-8-25-28(10-14)9-13-4-3-5-15(7-13)20(21,22)23/h3-5,7-8,10-11,34H,2,6,9,12H2,1H3,(H,31,32). The highest BCUT2D eigenvalue weighted by Crippen LogP contribution is 2.30. The van der Waals surface area contributed by atoms with Gasteiger partial charge in [-0.05, 0) is 24.1 Å². The fourth-order valence-electron chi connectivity index (χ4n) is 3.52. The zero-order valence-corrected chi connectivity index (χ0v) is 18.9. The fraction of sp³-hybridized carbons (Fsp3) is 0.300. The number of alkyl halides is 3. The molecule has 10 nitrogen and oxygen atoms in total. The number of fused-ring (bicyclic) bond motifs is 1. The summed E-state index contributed by atoms with van der Waals surface area (Å²) in [7, 11) is -3.30. The van der Waals surface area contributed by atoms with Crippen molar-refractivity contribution >= 4 is 19.4 Å². The first-order chi connectivity index (χ1) is 16.2. The molecule has 34 heavy (non-hydrogen) atoms. The van der Waals surface area contributed by atoms with Gasteiger partial charge in [0, 0.05) is 12.7 Å². The SMILES string of the molecule is CCCn1cnc2nc(-c3cnn(Cc4cccc(C(F)(F)F)c4)c3)n(CO[PH](=O)O)c2c1=O. The van der Waals surface area contributed by atoms with E-state index in [-0.39, 0.29) is 29.1 Å². The van der Waals surface area contributed by atoms with Gasteiger partial charge in [0.15, 0.2) is 11.2 Å². The predicted octanol–water partition coefficient (Wildman–Crippen LogP) is 3.29. The molecule has 3 aromatic heterocycles. The second-order valence-electron chi connectivity index (χ2n) is 7.44. The average molecular weight is 496 g/mol. The van der Waals surface area contributed by atoms with Crippen molar-refractivity contribution in [3.63, 3.8) is 0 Å². The van der Waals surface area contributed by atoms with Gasteiger partial charge in [-0.3, -0.25) is 27.7 Å². The number of aromatic nitrogens is 6. The van der Waals surface area contributed by atoms with E-state index in [4.69, 9.17) is 9.42 Å². The molecule has 0 radical (unpaired) electrons. The minimum absolute atomic E-state index is 0.0621. The fourth-order valence-corrected chi connectivity index (χ4v) is 3.76. The van der Waals surface area contributed by atoms with Crippen LogP contribution in [0.5, 0.6) is 0 Å². The number of rotatable bonds is 8. The van der Waals surface area contributed by atoms with Crippen molar-refractivity contribution in [3.8, 4) is 11.4 Å². The van der Waals surface area contributed by atoms with E-state index >= 15 is 0 Å². The highest BCUT2D eigenvalue weighted by molar-refractivity contribution is 7.32. The molecule has 1 unspecified atom stereocenters. The number of hydrogen-bond acceptors (Lipinski definition) is 6. The molecule has 14 heteroatoms. The number of imidazole rings is 1. The van der Waals surface area contributed by atoms with Crippen LogP contribution in [0.2, 0.25) is 0 Å². The Morgan fingerprint density at radius 1 is 1.26 bits per heavy atom. The molecule has 0 aliphatic carbocycles. The Bertz CT molecular complexity index is 1410. The minimum atomic E-state index is -4.46. The quantitative estimate of drug-likeness (QED) is 0.372. The van der Waals surface area contributed by atoms with Crippen LogP contribution in [0.3, 0.4) is 0 Å². The monoisotopic (exact) mass is 496 g/mol. The van der Waals surface area contributed by atoms with Crippen LogP contribution < -0.4 is 5.56 Å². The molecule has 4 aromatic rings. The van der Waals surface area contributed by atoms with Crippen LogP contribution in [0.1, 0.15) is 24.5 Å². The van der Waals surface area contributed by atoms with Crippen molar-refractivity contribution in [2.24, 2.45) is 0 Å². The van der Waals surface area contributed by atoms with Crippen molar-refractivity contribution in [1.82, 2.24) is 28.9 Å². The molecule has 0 amide bonds. The van der Waals surface area contributed by atoms with Crippen LogP contribution in [-0.2, 0) is 35.1 Å². The van der Waals surface area contributed by atoms with Crippen LogP contribution in [0.25, 0.3) is 22.6 Å². The van der Waals surface area contributed by atoms with E-state index in [2.05, 4.69) is 15.1 Å². The summed E-state index contributed by atoms with van der Waals surface area (Å²) in [6, 6.07) is 4.91. The number of aryl methyl sites for hydroxylation is 1. The van der Waals surface area contributed by atoms with Crippen LogP contribution in [0, 0.1) is 0 Å². The summed E-state index contributed by atoms with van der Waals surface area (Å²) in [5.74, 6) is 0.215. The van der Waals surface area contributed by atoms with Gasteiger partial charge in [0.25, 0.3) is 5.56 Å². The molecule has 1 atom stereocenters. The molecule has 0 fully saturated rings. The van der Waals surface area contributed by atoms with Crippen LogP contribution in [0.15, 0.2) is 47.8 Å². The second-order valence-corrected chi connectivity index (χ2v) is 8.26. The third-order valence-electron chi connectivity index (χ3n) is 5.00. The zero-order chi connectivity index (χ0) is 24.5. The Balaban J connectivity index is 1.73. The van der Waals surface area contributed by atoms with E-state index in [1.54, 1.807) is 12.3 Å². The number of hydrogen-bond donors (Lipinski definition) is 1. The summed E-state index contributed by atoms with van der Waals surface area (Å²) in [5, 5.41) is 4.19. The van der Waals surface area contributed by atoms with Gasteiger partial charge in [-0.15, -0.1) is 0 Å². The molecule has 0 spiro atoms. The minimum Gasteiger partial charge on any atom is -0.326 e. The largest absolute Gasteiger partial charge is 0.416 e. The van der Waals surface area contributed by atoms with E-state index in [0.717, 1.165) is 12.1 Å². The third kappa shape index (κ3) is 4.96. The van der Waals surface area contributed by atoms with Crippen LogP contribution in [-0.4, -0.2) is 33.8 Å². The van der Waals surface area contributed by atoms with Gasteiger partial charge in [0.2, 0.25) is 0 Å². The molecule has 0 bridgehead atoms. The lowest BCUT2D eigenvalue weighted by Crippen LogP contribution is -2.22. The maximum Gasteiger partial charge on any atom is 0.416 e. The van der Waals surface area contributed by atoms with Crippen molar-refractivity contribution in [3.05, 3.63) is 64.5 Å². The highest BCUT2D eigenvalue weighted by atomic mass is 31.1. The highest BCUT2D eigenvalue weighted by Gasteiger charge is 2.30. The lowest BCUT2D eigenvalue weighted by Gasteiger charge is -2.09. The number of nitrogens with zero attached hydrogens (tertiary/aromatic N) is 6. The van der Waals surface area contributed by atoms with Gasteiger partial charge in [-0.25, -0.2) is 9.97 Å². The molecular formula is C20H20F3N6O4P. The maximum atomic E-state index is 13.0. The summed E-state index contributed by atoms with van der Waals surface area (Å²) >= 11 is 0. The third-order valence-corrected chi connectivity index (χ3v) is 5.38. The van der Waals surface area contributed by atoms with E-state index in [9.17, 15) is 22.5 Å². The van der Waals surface area contributed by atoms with Gasteiger partial charge in [-0.1, -0.05) is 19.1 Å². The topological polar surface area (TPSA) is 117 Å². The Morgan fingerprint density at radius 2 is 2.06 bits per heavy atom. The Kier molecular flexibility index (Phi) is 6.69. The molecule has 1 N–H and O–H groups in total.